The summed E-state index contributed by atoms with van der Waals surface area (Å²) in [5, 5.41) is 2.85. The third-order valence-electron chi connectivity index (χ3n) is 5.45. The zero-order valence-electron chi connectivity index (χ0n) is 13.0. The van der Waals surface area contributed by atoms with Crippen LogP contribution in [0, 0.1) is 11.8 Å². The molecule has 23 heavy (non-hydrogen) atoms. The lowest BCUT2D eigenvalue weighted by molar-refractivity contribution is -0.116. The summed E-state index contributed by atoms with van der Waals surface area (Å²) < 4.78 is 0. The van der Waals surface area contributed by atoms with Crippen molar-refractivity contribution < 1.29 is 9.59 Å². The van der Waals surface area contributed by atoms with Crippen molar-refractivity contribution in [1.29, 1.82) is 0 Å². The van der Waals surface area contributed by atoms with Crippen LogP contribution in [0.4, 0.5) is 5.69 Å². The second kappa shape index (κ2) is 6.13. The van der Waals surface area contributed by atoms with Gasteiger partial charge in [-0.25, -0.2) is 0 Å². The van der Waals surface area contributed by atoms with Gasteiger partial charge in [0.25, 0.3) is 5.91 Å². The van der Waals surface area contributed by atoms with Gasteiger partial charge >= 0.3 is 0 Å². The molecule has 6 heteroatoms. The highest BCUT2D eigenvalue weighted by atomic mass is 35.5. The molecule has 3 aliphatic rings. The van der Waals surface area contributed by atoms with Crippen LogP contribution in [0.5, 0.6) is 0 Å². The third-order valence-corrected chi connectivity index (χ3v) is 5.45. The van der Waals surface area contributed by atoms with Gasteiger partial charge in [0.05, 0.1) is 0 Å². The first-order chi connectivity index (χ1) is 10.6. The molecule has 124 valence electrons. The van der Waals surface area contributed by atoms with Gasteiger partial charge < -0.3 is 16.0 Å². The SMILES string of the molecule is Cl.NC1CCC2CN(C(=O)c3ccc4c(c3)CCC(=O)N4)CC12. The summed E-state index contributed by atoms with van der Waals surface area (Å²) in [6.45, 7) is 1.63. The van der Waals surface area contributed by atoms with E-state index < -0.39 is 0 Å². The maximum Gasteiger partial charge on any atom is 0.253 e. The van der Waals surface area contributed by atoms with E-state index in [0.29, 0.717) is 24.7 Å². The number of anilines is 1. The van der Waals surface area contributed by atoms with E-state index in [9.17, 15) is 9.59 Å². The second-order valence-corrected chi connectivity index (χ2v) is 6.80. The molecule has 0 bridgehead atoms. The normalized spacial score (nSPS) is 28.7. The fourth-order valence-corrected chi connectivity index (χ4v) is 4.17. The van der Waals surface area contributed by atoms with E-state index in [1.54, 1.807) is 0 Å². The summed E-state index contributed by atoms with van der Waals surface area (Å²) in [5.74, 6) is 1.20. The lowest BCUT2D eigenvalue weighted by Crippen LogP contribution is -2.33. The van der Waals surface area contributed by atoms with Crippen molar-refractivity contribution in [1.82, 2.24) is 4.90 Å². The van der Waals surface area contributed by atoms with Gasteiger partial charge in [-0.3, -0.25) is 9.59 Å². The van der Waals surface area contributed by atoms with Crippen LogP contribution in [0.25, 0.3) is 0 Å². The smallest absolute Gasteiger partial charge is 0.253 e. The van der Waals surface area contributed by atoms with Gasteiger partial charge in [-0.15, -0.1) is 12.4 Å². The topological polar surface area (TPSA) is 75.4 Å². The number of likely N-dealkylation sites (tertiary alicyclic amines) is 1. The Morgan fingerprint density at radius 2 is 2.04 bits per heavy atom. The maximum absolute atomic E-state index is 12.7. The van der Waals surface area contributed by atoms with Gasteiger partial charge in [0, 0.05) is 36.8 Å². The summed E-state index contributed by atoms with van der Waals surface area (Å²) in [5.41, 5.74) is 8.77. The number of halogens is 1. The van der Waals surface area contributed by atoms with Crippen molar-refractivity contribution in [3.63, 3.8) is 0 Å². The number of hydrogen-bond acceptors (Lipinski definition) is 3. The maximum atomic E-state index is 12.7. The Bertz CT molecular complexity index is 649. The van der Waals surface area contributed by atoms with E-state index in [1.165, 1.54) is 0 Å². The summed E-state index contributed by atoms with van der Waals surface area (Å²) in [7, 11) is 0. The number of nitrogens with zero attached hydrogens (tertiary/aromatic N) is 1. The lowest BCUT2D eigenvalue weighted by atomic mass is 9.98. The molecule has 2 fully saturated rings. The minimum Gasteiger partial charge on any atom is -0.338 e. The van der Waals surface area contributed by atoms with Crippen LogP contribution in [0.15, 0.2) is 18.2 Å². The van der Waals surface area contributed by atoms with Crippen LogP contribution in [0.3, 0.4) is 0 Å². The lowest BCUT2D eigenvalue weighted by Gasteiger charge is -2.21. The van der Waals surface area contributed by atoms with Crippen LogP contribution in [-0.4, -0.2) is 35.8 Å². The Morgan fingerprint density at radius 3 is 2.83 bits per heavy atom. The molecular weight excluding hydrogens is 314 g/mol. The van der Waals surface area contributed by atoms with Crippen molar-refractivity contribution in [2.24, 2.45) is 17.6 Å². The Hall–Kier alpha value is -1.59. The van der Waals surface area contributed by atoms with Crippen LogP contribution in [0.2, 0.25) is 0 Å². The van der Waals surface area contributed by atoms with E-state index >= 15 is 0 Å². The quantitative estimate of drug-likeness (QED) is 0.821. The van der Waals surface area contributed by atoms with Gasteiger partial charge in [0.1, 0.15) is 0 Å². The average Bonchev–Trinajstić information content (AvgIpc) is 3.08. The van der Waals surface area contributed by atoms with Crippen molar-refractivity contribution in [2.75, 3.05) is 18.4 Å². The third kappa shape index (κ3) is 2.83. The minimum atomic E-state index is 0. The van der Waals surface area contributed by atoms with E-state index in [2.05, 4.69) is 5.32 Å². The van der Waals surface area contributed by atoms with E-state index in [0.717, 1.165) is 42.7 Å². The molecule has 0 aromatic heterocycles. The highest BCUT2D eigenvalue weighted by Gasteiger charge is 2.42. The van der Waals surface area contributed by atoms with E-state index in [1.807, 2.05) is 23.1 Å². The molecule has 1 aromatic carbocycles. The van der Waals surface area contributed by atoms with Gasteiger partial charge in [0.15, 0.2) is 0 Å². The number of rotatable bonds is 1. The summed E-state index contributed by atoms with van der Waals surface area (Å²) >= 11 is 0. The number of nitrogens with two attached hydrogens (primary N) is 1. The number of carbonyl (C=O) groups is 2. The number of aryl methyl sites for hydroxylation is 1. The molecule has 2 aliphatic heterocycles. The first kappa shape index (κ1) is 16.3. The molecule has 3 atom stereocenters. The van der Waals surface area contributed by atoms with Crippen molar-refractivity contribution >= 4 is 29.9 Å². The molecule has 1 saturated carbocycles. The monoisotopic (exact) mass is 335 g/mol. The first-order valence-corrected chi connectivity index (χ1v) is 8.09. The van der Waals surface area contributed by atoms with Crippen molar-refractivity contribution in [3.8, 4) is 0 Å². The number of nitrogens with one attached hydrogen (secondary N) is 1. The van der Waals surface area contributed by atoms with Crippen molar-refractivity contribution in [2.45, 2.75) is 31.7 Å². The fraction of sp³-hybridized carbons (Fsp3) is 0.529. The van der Waals surface area contributed by atoms with Crippen LogP contribution in [0.1, 0.15) is 35.2 Å². The molecule has 2 heterocycles. The second-order valence-electron chi connectivity index (χ2n) is 6.80. The van der Waals surface area contributed by atoms with Crippen LogP contribution >= 0.6 is 12.4 Å². The Kier molecular flexibility index (Phi) is 4.34. The molecule has 0 spiro atoms. The molecule has 3 N–H and O–H groups in total. The molecule has 5 nitrogen and oxygen atoms in total. The molecule has 3 unspecified atom stereocenters. The molecule has 4 rings (SSSR count). The molecule has 1 aliphatic carbocycles. The molecule has 0 radical (unpaired) electrons. The predicted octanol–water partition coefficient (Wildman–Crippen LogP) is 1.80. The number of amides is 2. The van der Waals surface area contributed by atoms with E-state index in [-0.39, 0.29) is 30.3 Å². The Morgan fingerprint density at radius 1 is 1.22 bits per heavy atom. The molecule has 1 saturated heterocycles. The molecular formula is C17H22ClN3O2. The Balaban J connectivity index is 0.00000156. The highest BCUT2D eigenvalue weighted by Crippen LogP contribution is 2.37. The highest BCUT2D eigenvalue weighted by molar-refractivity contribution is 5.98. The van der Waals surface area contributed by atoms with Crippen molar-refractivity contribution in [3.05, 3.63) is 29.3 Å². The first-order valence-electron chi connectivity index (χ1n) is 8.09. The Labute approximate surface area is 142 Å². The molecule has 2 amide bonds. The number of fused-ring (bicyclic) bond motifs is 2. The van der Waals surface area contributed by atoms with Gasteiger partial charge in [-0.05, 0) is 54.9 Å². The average molecular weight is 336 g/mol. The van der Waals surface area contributed by atoms with Crippen LogP contribution < -0.4 is 11.1 Å². The summed E-state index contributed by atoms with van der Waals surface area (Å²) in [6.07, 6.45) is 3.44. The minimum absolute atomic E-state index is 0. The van der Waals surface area contributed by atoms with E-state index in [4.69, 9.17) is 5.73 Å². The van der Waals surface area contributed by atoms with Gasteiger partial charge in [-0.2, -0.15) is 0 Å². The predicted molar refractivity (Wildman–Crippen MR) is 90.7 cm³/mol. The zero-order chi connectivity index (χ0) is 15.3. The fourth-order valence-electron chi connectivity index (χ4n) is 4.17. The zero-order valence-corrected chi connectivity index (χ0v) is 13.8. The van der Waals surface area contributed by atoms with Gasteiger partial charge in [-0.1, -0.05) is 0 Å². The summed E-state index contributed by atoms with van der Waals surface area (Å²) in [4.78, 5) is 26.1. The summed E-state index contributed by atoms with van der Waals surface area (Å²) in [6, 6.07) is 5.86. The van der Waals surface area contributed by atoms with Gasteiger partial charge in [0.2, 0.25) is 5.91 Å². The molecule has 1 aromatic rings. The van der Waals surface area contributed by atoms with Crippen LogP contribution in [-0.2, 0) is 11.2 Å². The largest absolute Gasteiger partial charge is 0.338 e. The standard InChI is InChI=1S/C17H21N3O2.ClH/c18-14-4-1-12-8-20(9-13(12)14)17(22)11-2-5-15-10(7-11)3-6-16(21)19-15;/h2,5,7,12-14H,1,3-4,6,8-9,18H2,(H,19,21);1H. The number of benzene rings is 1. The number of carbonyl (C=O) groups excluding carboxylic acids is 2. The number of hydrogen-bond donors (Lipinski definition) is 2.